The third-order valence-corrected chi connectivity index (χ3v) is 5.74. The Labute approximate surface area is 191 Å². The van der Waals surface area contributed by atoms with E-state index in [1.165, 1.54) is 38.6 Å². The lowest BCUT2D eigenvalue weighted by Gasteiger charge is -2.16. The van der Waals surface area contributed by atoms with Gasteiger partial charge in [-0.25, -0.2) is 0 Å². The minimum atomic E-state index is 0.981. The Kier molecular flexibility index (Phi) is 6.63. The topological polar surface area (TPSA) is 0 Å². The fourth-order valence-electron chi connectivity index (χ4n) is 4.21. The number of rotatable bonds is 8. The summed E-state index contributed by atoms with van der Waals surface area (Å²) in [6.07, 6.45) is 12.2. The van der Waals surface area contributed by atoms with E-state index in [4.69, 9.17) is 0 Å². The largest absolute Gasteiger partial charge is 0.103 e. The van der Waals surface area contributed by atoms with Crippen molar-refractivity contribution < 1.29 is 0 Å². The van der Waals surface area contributed by atoms with Crippen LogP contribution >= 0.6 is 0 Å². The van der Waals surface area contributed by atoms with Crippen LogP contribution in [0.1, 0.15) is 29.5 Å². The lowest BCUT2D eigenvalue weighted by atomic mass is 9.87. The van der Waals surface area contributed by atoms with E-state index in [-0.39, 0.29) is 0 Å². The molecule has 0 spiro atoms. The molecule has 0 aromatic heterocycles. The van der Waals surface area contributed by atoms with Crippen molar-refractivity contribution in [1.82, 2.24) is 0 Å². The van der Waals surface area contributed by atoms with Crippen LogP contribution < -0.4 is 0 Å². The highest BCUT2D eigenvalue weighted by atomic mass is 14.2. The molecule has 0 aliphatic rings. The van der Waals surface area contributed by atoms with Crippen LogP contribution in [0.15, 0.2) is 111 Å². The smallest absolute Gasteiger partial charge is 0.00266 e. The molecule has 0 heteroatoms. The van der Waals surface area contributed by atoms with Gasteiger partial charge in [-0.2, -0.15) is 0 Å². The lowest BCUT2D eigenvalue weighted by Crippen LogP contribution is -1.92. The minimum absolute atomic E-state index is 0.981. The van der Waals surface area contributed by atoms with E-state index in [9.17, 15) is 0 Å². The molecule has 0 saturated heterocycles. The molecule has 0 amide bonds. The molecule has 0 saturated carbocycles. The predicted octanol–water partition coefficient (Wildman–Crippen LogP) is 9.44. The molecule has 0 atom stereocenters. The van der Waals surface area contributed by atoms with Gasteiger partial charge < -0.3 is 0 Å². The van der Waals surface area contributed by atoms with E-state index in [0.29, 0.717) is 0 Å². The molecule has 0 aliphatic heterocycles. The van der Waals surface area contributed by atoms with Gasteiger partial charge in [0.1, 0.15) is 0 Å². The summed E-state index contributed by atoms with van der Waals surface area (Å²) in [5.74, 6) is 0. The van der Waals surface area contributed by atoms with E-state index in [1.807, 2.05) is 18.2 Å². The van der Waals surface area contributed by atoms with E-state index < -0.39 is 0 Å². The number of benzene rings is 4. The molecular weight excluding hydrogens is 384 g/mol. The first kappa shape index (κ1) is 21.3. The Morgan fingerprint density at radius 3 is 2.16 bits per heavy atom. The lowest BCUT2D eigenvalue weighted by molar-refractivity contribution is 1.06. The second kappa shape index (κ2) is 9.94. The van der Waals surface area contributed by atoms with Crippen molar-refractivity contribution in [3.8, 4) is 22.3 Å². The van der Waals surface area contributed by atoms with Crippen LogP contribution in [0.5, 0.6) is 0 Å². The van der Waals surface area contributed by atoms with Crippen LogP contribution in [0, 0.1) is 0 Å². The van der Waals surface area contributed by atoms with Gasteiger partial charge in [0.15, 0.2) is 0 Å². The van der Waals surface area contributed by atoms with Gasteiger partial charge in [0.05, 0.1) is 0 Å². The maximum Gasteiger partial charge on any atom is -0.00266 e. The standard InChI is InChI=1S/C32H28/c1-4-7-8-10-15-24-20-28(26-16-11-9-12-17-26)23-29(21-24)32-30(6-3)25(5-2)22-27-18-13-14-19-31(27)32/h4-6,9-23H,1-3,7-8H2. The average Bonchev–Trinajstić information content (AvgIpc) is 2.85. The molecule has 0 radical (unpaired) electrons. The molecule has 156 valence electrons. The zero-order chi connectivity index (χ0) is 22.3. The first-order chi connectivity index (χ1) is 15.7. The van der Waals surface area contributed by atoms with Crippen LogP contribution in [0.3, 0.4) is 0 Å². The Hall–Kier alpha value is -3.90. The normalized spacial score (nSPS) is 11.0. The number of hydrogen-bond acceptors (Lipinski definition) is 0. The molecule has 0 aliphatic carbocycles. The van der Waals surface area contributed by atoms with Crippen molar-refractivity contribution >= 4 is 29.0 Å². The summed E-state index contributed by atoms with van der Waals surface area (Å²) >= 11 is 0. The van der Waals surface area contributed by atoms with Gasteiger partial charge in [-0.1, -0.05) is 98.1 Å². The first-order valence-corrected chi connectivity index (χ1v) is 11.0. The summed E-state index contributed by atoms with van der Waals surface area (Å²) in [6.45, 7) is 12.0. The number of allylic oxidation sites excluding steroid dienone is 2. The quantitative estimate of drug-likeness (QED) is 0.200. The third-order valence-electron chi connectivity index (χ3n) is 5.74. The number of hydrogen-bond donors (Lipinski definition) is 0. The molecule has 0 nitrogen and oxygen atoms in total. The van der Waals surface area contributed by atoms with Crippen molar-refractivity contribution in [3.63, 3.8) is 0 Å². The molecule has 4 rings (SSSR count). The third kappa shape index (κ3) is 4.40. The summed E-state index contributed by atoms with van der Waals surface area (Å²) in [7, 11) is 0. The van der Waals surface area contributed by atoms with Gasteiger partial charge in [0.25, 0.3) is 0 Å². The predicted molar refractivity (Wildman–Crippen MR) is 143 cm³/mol. The van der Waals surface area contributed by atoms with E-state index in [1.54, 1.807) is 0 Å². The minimum Gasteiger partial charge on any atom is -0.103 e. The fraction of sp³-hybridized carbons (Fsp3) is 0.0625. The van der Waals surface area contributed by atoms with Gasteiger partial charge in [-0.15, -0.1) is 6.58 Å². The van der Waals surface area contributed by atoms with Crippen LogP contribution in [-0.2, 0) is 0 Å². The van der Waals surface area contributed by atoms with E-state index in [0.717, 1.165) is 24.0 Å². The highest BCUT2D eigenvalue weighted by Gasteiger charge is 2.13. The molecule has 0 bridgehead atoms. The molecule has 0 N–H and O–H groups in total. The summed E-state index contributed by atoms with van der Waals surface area (Å²) in [6, 6.07) is 28.1. The van der Waals surface area contributed by atoms with Gasteiger partial charge in [-0.05, 0) is 86.8 Å². The molecule has 32 heavy (non-hydrogen) atoms. The van der Waals surface area contributed by atoms with Crippen molar-refractivity contribution in [3.05, 3.63) is 127 Å². The molecule has 4 aromatic carbocycles. The maximum atomic E-state index is 4.13. The first-order valence-electron chi connectivity index (χ1n) is 11.0. The SMILES string of the molecule is C=CCCC=Cc1cc(-c2ccccc2)cc(-c2c(C=C)c(C=C)cc3ccccc23)c1. The van der Waals surface area contributed by atoms with Gasteiger partial charge in [0.2, 0.25) is 0 Å². The Balaban J connectivity index is 2.00. The highest BCUT2D eigenvalue weighted by molar-refractivity contribution is 6.03. The van der Waals surface area contributed by atoms with E-state index >= 15 is 0 Å². The number of fused-ring (bicyclic) bond motifs is 1. The molecule has 4 aromatic rings. The zero-order valence-electron chi connectivity index (χ0n) is 18.4. The maximum absolute atomic E-state index is 4.13. The van der Waals surface area contributed by atoms with Crippen LogP contribution in [-0.4, -0.2) is 0 Å². The average molecular weight is 413 g/mol. The second-order valence-corrected chi connectivity index (χ2v) is 7.86. The van der Waals surface area contributed by atoms with Gasteiger partial charge >= 0.3 is 0 Å². The Bertz CT molecular complexity index is 1300. The zero-order valence-corrected chi connectivity index (χ0v) is 18.4. The van der Waals surface area contributed by atoms with Crippen molar-refractivity contribution in [2.24, 2.45) is 0 Å². The fourth-order valence-corrected chi connectivity index (χ4v) is 4.21. The number of unbranched alkanes of at least 4 members (excludes halogenated alkanes) is 1. The summed E-state index contributed by atoms with van der Waals surface area (Å²) in [5.41, 5.74) is 8.20. The monoisotopic (exact) mass is 412 g/mol. The summed E-state index contributed by atoms with van der Waals surface area (Å²) in [4.78, 5) is 0. The molecule has 0 unspecified atom stereocenters. The molecule has 0 heterocycles. The summed E-state index contributed by atoms with van der Waals surface area (Å²) < 4.78 is 0. The van der Waals surface area contributed by atoms with Crippen LogP contribution in [0.4, 0.5) is 0 Å². The van der Waals surface area contributed by atoms with Crippen molar-refractivity contribution in [2.75, 3.05) is 0 Å². The van der Waals surface area contributed by atoms with Crippen LogP contribution in [0.2, 0.25) is 0 Å². The second-order valence-electron chi connectivity index (χ2n) is 7.86. The molecular formula is C32H28. The van der Waals surface area contributed by atoms with E-state index in [2.05, 4.69) is 111 Å². The highest BCUT2D eigenvalue weighted by Crippen LogP contribution is 2.38. The Morgan fingerprint density at radius 1 is 0.656 bits per heavy atom. The summed E-state index contributed by atoms with van der Waals surface area (Å²) in [5, 5.41) is 2.43. The Morgan fingerprint density at radius 2 is 1.41 bits per heavy atom. The van der Waals surface area contributed by atoms with Crippen LogP contribution in [0.25, 0.3) is 51.3 Å². The van der Waals surface area contributed by atoms with Gasteiger partial charge in [0, 0.05) is 0 Å². The van der Waals surface area contributed by atoms with Crippen molar-refractivity contribution in [1.29, 1.82) is 0 Å². The van der Waals surface area contributed by atoms with Crippen molar-refractivity contribution in [2.45, 2.75) is 12.8 Å². The van der Waals surface area contributed by atoms with Gasteiger partial charge in [-0.3, -0.25) is 0 Å². The molecule has 0 fully saturated rings.